The maximum Gasteiger partial charge on any atom is 0.0553 e. The van der Waals surface area contributed by atoms with Crippen LogP contribution in [-0.4, -0.2) is 27.4 Å². The van der Waals surface area contributed by atoms with E-state index in [0.29, 0.717) is 13.2 Å². The maximum atomic E-state index is 5.37. The van der Waals surface area contributed by atoms with Crippen molar-refractivity contribution in [2.75, 3.05) is 27.4 Å². The topological polar surface area (TPSA) is 18.5 Å². The first-order chi connectivity index (χ1) is 8.49. The van der Waals surface area contributed by atoms with Crippen molar-refractivity contribution >= 4 is 0 Å². The Kier molecular flexibility index (Phi) is 8.50. The highest BCUT2D eigenvalue weighted by molar-refractivity contribution is 5.10. The van der Waals surface area contributed by atoms with Crippen LogP contribution < -0.4 is 0 Å². The first-order valence-corrected chi connectivity index (χ1v) is 6.27. The molecule has 0 radical (unpaired) electrons. The van der Waals surface area contributed by atoms with Gasteiger partial charge in [0, 0.05) is 26.1 Å². The molecule has 0 aliphatic heterocycles. The van der Waals surface area contributed by atoms with E-state index < -0.39 is 0 Å². The molecule has 2 heteroatoms. The number of hydrogen-bond donors (Lipinski definition) is 0. The molecule has 0 spiro atoms. The summed E-state index contributed by atoms with van der Waals surface area (Å²) in [5.41, 5.74) is 5.71. The van der Waals surface area contributed by atoms with E-state index in [9.17, 15) is 0 Å². The van der Waals surface area contributed by atoms with Crippen LogP contribution in [0, 0.1) is 17.3 Å². The molecule has 18 heavy (non-hydrogen) atoms. The lowest BCUT2D eigenvalue weighted by atomic mass is 9.80. The second kappa shape index (κ2) is 9.00. The lowest BCUT2D eigenvalue weighted by Gasteiger charge is -2.30. The largest absolute Gasteiger partial charge is 0.384 e. The minimum absolute atomic E-state index is 0.0704. The molecule has 0 atom stereocenters. The predicted octanol–water partition coefficient (Wildman–Crippen LogP) is 3.58. The van der Waals surface area contributed by atoms with Crippen LogP contribution in [0.5, 0.6) is 0 Å². The maximum absolute atomic E-state index is 5.37. The third-order valence-corrected chi connectivity index (χ3v) is 2.64. The highest BCUT2D eigenvalue weighted by atomic mass is 16.5. The average Bonchev–Trinajstić information content (AvgIpc) is 2.25. The van der Waals surface area contributed by atoms with Crippen molar-refractivity contribution in [3.8, 4) is 11.8 Å². The van der Waals surface area contributed by atoms with Crippen LogP contribution in [0.4, 0.5) is 0 Å². The molecule has 0 aromatic heterocycles. The summed E-state index contributed by atoms with van der Waals surface area (Å²) in [6, 6.07) is 0. The molecule has 0 unspecified atom stereocenters. The van der Waals surface area contributed by atoms with Crippen molar-refractivity contribution in [3.63, 3.8) is 0 Å². The highest BCUT2D eigenvalue weighted by Gasteiger charge is 2.30. The van der Waals surface area contributed by atoms with Crippen molar-refractivity contribution < 1.29 is 9.47 Å². The molecule has 0 fully saturated rings. The van der Waals surface area contributed by atoms with Gasteiger partial charge in [0.15, 0.2) is 0 Å². The second-order valence-electron chi connectivity index (χ2n) is 5.05. The van der Waals surface area contributed by atoms with E-state index in [1.54, 1.807) is 14.2 Å². The molecule has 0 aliphatic rings. The minimum Gasteiger partial charge on any atom is -0.384 e. The van der Waals surface area contributed by atoms with E-state index in [2.05, 4.69) is 38.3 Å². The summed E-state index contributed by atoms with van der Waals surface area (Å²) in [5.74, 6) is 6.12. The molecular formula is C16H26O2. The van der Waals surface area contributed by atoms with Gasteiger partial charge in [-0.15, -0.1) is 17.6 Å². The number of rotatable bonds is 7. The Hall–Kier alpha value is -1.00. The lowest BCUT2D eigenvalue weighted by Crippen LogP contribution is -2.31. The molecule has 0 aromatic carbocycles. The van der Waals surface area contributed by atoms with Gasteiger partial charge >= 0.3 is 0 Å². The summed E-state index contributed by atoms with van der Waals surface area (Å²) in [6.45, 7) is 9.39. The Bertz CT molecular complexity index is 352. The normalized spacial score (nSPS) is 10.3. The zero-order valence-corrected chi connectivity index (χ0v) is 12.6. The molecule has 0 aromatic rings. The van der Waals surface area contributed by atoms with Crippen LogP contribution >= 0.6 is 0 Å². The van der Waals surface area contributed by atoms with Crippen molar-refractivity contribution in [3.05, 3.63) is 16.9 Å². The van der Waals surface area contributed by atoms with E-state index in [4.69, 9.17) is 9.47 Å². The quantitative estimate of drug-likeness (QED) is 0.508. The van der Waals surface area contributed by atoms with Crippen molar-refractivity contribution in [1.29, 1.82) is 0 Å². The smallest absolute Gasteiger partial charge is 0.0553 e. The number of ether oxygens (including phenoxy) is 2. The van der Waals surface area contributed by atoms with Crippen molar-refractivity contribution in [2.45, 2.75) is 40.5 Å². The highest BCUT2D eigenvalue weighted by Crippen LogP contribution is 2.30. The van der Waals surface area contributed by atoms with Crippen LogP contribution in [0.3, 0.4) is 0 Å². The zero-order valence-electron chi connectivity index (χ0n) is 12.6. The third-order valence-electron chi connectivity index (χ3n) is 2.64. The monoisotopic (exact) mass is 250 g/mol. The van der Waals surface area contributed by atoms with Crippen molar-refractivity contribution in [2.24, 2.45) is 5.41 Å². The summed E-state index contributed by atoms with van der Waals surface area (Å²) >= 11 is 0. The molecule has 0 saturated carbocycles. The van der Waals surface area contributed by atoms with Crippen LogP contribution in [-0.2, 0) is 9.47 Å². The lowest BCUT2D eigenvalue weighted by molar-refractivity contribution is 0.0134. The molecule has 0 aliphatic carbocycles. The summed E-state index contributed by atoms with van der Waals surface area (Å²) in [7, 11) is 3.45. The Balaban J connectivity index is 5.13. The molecule has 0 amide bonds. The first-order valence-electron chi connectivity index (χ1n) is 6.27. The Morgan fingerprint density at radius 2 is 1.61 bits per heavy atom. The zero-order chi connectivity index (χ0) is 14.0. The van der Waals surface area contributed by atoms with Gasteiger partial charge in [-0.2, -0.15) is 0 Å². The number of methoxy groups -OCH3 is 2. The van der Waals surface area contributed by atoms with Crippen LogP contribution in [0.1, 0.15) is 40.5 Å². The van der Waals surface area contributed by atoms with Gasteiger partial charge in [0.05, 0.1) is 13.2 Å². The summed E-state index contributed by atoms with van der Waals surface area (Å²) in [5, 5.41) is 0. The second-order valence-corrected chi connectivity index (χ2v) is 5.05. The molecule has 0 saturated heterocycles. The molecule has 0 bridgehead atoms. The fourth-order valence-corrected chi connectivity index (χ4v) is 2.23. The molecule has 0 rings (SSSR count). The predicted molar refractivity (Wildman–Crippen MR) is 76.4 cm³/mol. The minimum atomic E-state index is -0.0704. The SMILES string of the molecule is CC#CCC(COC)(COC)CC(C)=C=C(C)C. The van der Waals surface area contributed by atoms with Gasteiger partial charge in [0.2, 0.25) is 0 Å². The van der Waals surface area contributed by atoms with Crippen LogP contribution in [0.15, 0.2) is 16.9 Å². The molecule has 2 nitrogen and oxygen atoms in total. The van der Waals surface area contributed by atoms with E-state index in [0.717, 1.165) is 12.8 Å². The van der Waals surface area contributed by atoms with Gasteiger partial charge in [-0.25, -0.2) is 0 Å². The summed E-state index contributed by atoms with van der Waals surface area (Å²) in [4.78, 5) is 0. The summed E-state index contributed by atoms with van der Waals surface area (Å²) < 4.78 is 10.7. The number of hydrogen-bond acceptors (Lipinski definition) is 2. The number of allylic oxidation sites excluding steroid dienone is 1. The van der Waals surface area contributed by atoms with Gasteiger partial charge in [-0.05, 0) is 45.3 Å². The Morgan fingerprint density at radius 1 is 1.06 bits per heavy atom. The first kappa shape index (κ1) is 17.0. The fraction of sp³-hybridized carbons (Fsp3) is 0.688. The van der Waals surface area contributed by atoms with Crippen molar-refractivity contribution in [1.82, 2.24) is 0 Å². The Labute approximate surface area is 112 Å². The van der Waals surface area contributed by atoms with E-state index in [1.807, 2.05) is 6.92 Å². The van der Waals surface area contributed by atoms with E-state index in [-0.39, 0.29) is 5.41 Å². The van der Waals surface area contributed by atoms with Gasteiger partial charge in [-0.3, -0.25) is 0 Å². The van der Waals surface area contributed by atoms with Crippen LogP contribution in [0.2, 0.25) is 0 Å². The molecule has 0 heterocycles. The van der Waals surface area contributed by atoms with E-state index in [1.165, 1.54) is 11.1 Å². The van der Waals surface area contributed by atoms with Gasteiger partial charge in [0.25, 0.3) is 0 Å². The van der Waals surface area contributed by atoms with Gasteiger partial charge in [-0.1, -0.05) is 0 Å². The Morgan fingerprint density at radius 3 is 2.00 bits per heavy atom. The third kappa shape index (κ3) is 6.67. The van der Waals surface area contributed by atoms with Crippen LogP contribution in [0.25, 0.3) is 0 Å². The molecule has 102 valence electrons. The molecular weight excluding hydrogens is 224 g/mol. The van der Waals surface area contributed by atoms with E-state index >= 15 is 0 Å². The van der Waals surface area contributed by atoms with Gasteiger partial charge < -0.3 is 9.47 Å². The molecule has 0 N–H and O–H groups in total. The average molecular weight is 250 g/mol. The fourth-order valence-electron chi connectivity index (χ4n) is 2.23. The standard InChI is InChI=1S/C16H26O2/c1-7-8-9-16(12-17-5,13-18-6)11-15(4)10-14(2)3/h9,11-13H2,1-6H3. The van der Waals surface area contributed by atoms with Gasteiger partial charge in [0.1, 0.15) is 0 Å². The summed E-state index contributed by atoms with van der Waals surface area (Å²) in [6.07, 6.45) is 1.68.